The molecule has 4 heteroatoms. The van der Waals surface area contributed by atoms with Crippen LogP contribution in [-0.2, 0) is 20.3 Å². The van der Waals surface area contributed by atoms with Crippen molar-refractivity contribution in [3.63, 3.8) is 0 Å². The first-order chi connectivity index (χ1) is 24.7. The van der Waals surface area contributed by atoms with E-state index in [1.54, 1.807) is 0 Å². The molecular weight excluding hydrogens is 629 g/mol. The van der Waals surface area contributed by atoms with E-state index in [9.17, 15) is 5.11 Å². The van der Waals surface area contributed by atoms with Crippen molar-refractivity contribution in [3.05, 3.63) is 148 Å². The van der Waals surface area contributed by atoms with Gasteiger partial charge in [-0.25, -0.2) is 0 Å². The number of hydrogen-bond donors (Lipinski definition) is 1. The Labute approximate surface area is 305 Å². The highest BCUT2D eigenvalue weighted by molar-refractivity contribution is 5.88. The fourth-order valence-corrected chi connectivity index (χ4v) is 7.78. The number of aliphatic hydroxyl groups excluding tert-OH is 1. The quantitative estimate of drug-likeness (QED) is 0.100. The Bertz CT molecular complexity index is 1880. The van der Waals surface area contributed by atoms with Crippen LogP contribution in [-0.4, -0.2) is 38.1 Å². The van der Waals surface area contributed by atoms with Crippen LogP contribution < -0.4 is 4.74 Å². The van der Waals surface area contributed by atoms with Crippen LogP contribution in [0.5, 0.6) is 5.75 Å². The summed E-state index contributed by atoms with van der Waals surface area (Å²) in [4.78, 5) is 0. The van der Waals surface area contributed by atoms with Crippen LogP contribution in [0.1, 0.15) is 87.8 Å². The summed E-state index contributed by atoms with van der Waals surface area (Å²) in [6.07, 6.45) is 10.9. The van der Waals surface area contributed by atoms with Gasteiger partial charge in [0.05, 0.1) is 18.6 Å². The maximum atomic E-state index is 9.44. The van der Waals surface area contributed by atoms with Gasteiger partial charge >= 0.3 is 0 Å². The lowest BCUT2D eigenvalue weighted by molar-refractivity contribution is 0.110. The van der Waals surface area contributed by atoms with Crippen molar-refractivity contribution in [1.29, 1.82) is 0 Å². The zero-order valence-corrected chi connectivity index (χ0v) is 31.2. The van der Waals surface area contributed by atoms with Crippen molar-refractivity contribution >= 4 is 11.6 Å². The van der Waals surface area contributed by atoms with Crippen LogP contribution in [0.4, 0.5) is 0 Å². The van der Waals surface area contributed by atoms with Gasteiger partial charge in [-0.1, -0.05) is 120 Å². The maximum absolute atomic E-state index is 9.44. The second kappa shape index (κ2) is 15.9. The van der Waals surface area contributed by atoms with Gasteiger partial charge in [-0.3, -0.25) is 0 Å². The first-order valence-electron chi connectivity index (χ1n) is 18.7. The van der Waals surface area contributed by atoms with Crippen LogP contribution in [0, 0.1) is 11.8 Å². The van der Waals surface area contributed by atoms with Crippen LogP contribution in [0.25, 0.3) is 22.8 Å². The Morgan fingerprint density at radius 3 is 2.24 bits per heavy atom. The molecule has 4 nitrogen and oxygen atoms in total. The first-order valence-corrected chi connectivity index (χ1v) is 18.7. The van der Waals surface area contributed by atoms with Gasteiger partial charge in [0.25, 0.3) is 0 Å². The van der Waals surface area contributed by atoms with Crippen molar-refractivity contribution in [3.8, 4) is 16.9 Å². The van der Waals surface area contributed by atoms with Gasteiger partial charge in [-0.2, -0.15) is 0 Å². The van der Waals surface area contributed by atoms with E-state index in [1.807, 2.05) is 6.92 Å². The Balaban J connectivity index is 1.58. The number of ether oxygens (including phenoxy) is 3. The predicted octanol–water partition coefficient (Wildman–Crippen LogP) is 10.8. The molecule has 51 heavy (non-hydrogen) atoms. The first kappa shape index (κ1) is 36.4. The Kier molecular flexibility index (Phi) is 11.3. The molecule has 2 aliphatic carbocycles. The van der Waals surface area contributed by atoms with Crippen molar-refractivity contribution in [2.45, 2.75) is 65.2 Å². The van der Waals surface area contributed by atoms with E-state index in [0.717, 1.165) is 24.4 Å². The zero-order valence-electron chi connectivity index (χ0n) is 31.2. The monoisotopic (exact) mass is 682 g/mol. The number of aliphatic hydroxyl groups is 1. The third kappa shape index (κ3) is 7.36. The summed E-state index contributed by atoms with van der Waals surface area (Å²) >= 11 is 0. The highest BCUT2D eigenvalue weighted by Gasteiger charge is 2.50. The van der Waals surface area contributed by atoms with Crippen molar-refractivity contribution in [2.24, 2.45) is 11.8 Å². The Morgan fingerprint density at radius 1 is 0.863 bits per heavy atom. The molecule has 0 amide bonds. The summed E-state index contributed by atoms with van der Waals surface area (Å²) in [6.45, 7) is 15.6. The molecule has 0 fully saturated rings. The molecule has 0 bridgehead atoms. The van der Waals surface area contributed by atoms with Crippen LogP contribution in [0.2, 0.25) is 0 Å². The molecule has 4 aromatic rings. The Morgan fingerprint density at radius 2 is 1.59 bits per heavy atom. The van der Waals surface area contributed by atoms with Gasteiger partial charge in [-0.05, 0) is 117 Å². The van der Waals surface area contributed by atoms with Crippen LogP contribution >= 0.6 is 0 Å². The molecule has 0 spiro atoms. The molecule has 0 saturated heterocycles. The molecule has 4 aromatic carbocycles. The summed E-state index contributed by atoms with van der Waals surface area (Å²) in [7, 11) is 0. The fraction of sp³-hybridized carbons (Fsp3) is 0.362. The van der Waals surface area contributed by atoms with Gasteiger partial charge in [0, 0.05) is 6.61 Å². The van der Waals surface area contributed by atoms with Crippen molar-refractivity contribution < 1.29 is 19.3 Å². The second-order valence-electron chi connectivity index (χ2n) is 14.7. The summed E-state index contributed by atoms with van der Waals surface area (Å²) < 4.78 is 17.5. The third-order valence-electron chi connectivity index (χ3n) is 10.9. The average Bonchev–Trinajstić information content (AvgIpc) is 3.45. The normalized spacial score (nSPS) is 18.4. The number of hydrogen-bond acceptors (Lipinski definition) is 4. The lowest BCUT2D eigenvalue weighted by atomic mass is 9.61. The fourth-order valence-electron chi connectivity index (χ4n) is 7.78. The molecule has 0 heterocycles. The number of rotatable bonds is 15. The predicted molar refractivity (Wildman–Crippen MR) is 211 cm³/mol. The van der Waals surface area contributed by atoms with E-state index in [4.69, 9.17) is 14.2 Å². The SMILES string of the molecule is CCOCCOc1ccc(C2(C3C=CC(OCCO)=CC3)c3cc(C=C(c4ccccc4)C(C)C)ccc3-c3ccc(C(C)(C)CC)cc32)cc1. The van der Waals surface area contributed by atoms with Gasteiger partial charge < -0.3 is 19.3 Å². The topological polar surface area (TPSA) is 47.9 Å². The molecule has 2 aliphatic rings. The maximum Gasteiger partial charge on any atom is 0.119 e. The summed E-state index contributed by atoms with van der Waals surface area (Å²) in [5.41, 5.74) is 11.2. The standard InChI is InChI=1S/C47H54O4/c1-7-46(5,6)38-19-25-42-41-24-14-34(30-43(33(3)4)35-12-10-9-11-13-35)31-44(41)47(45(42)32-38,36-15-20-39(21-16-36)50-27-26-48)37-17-22-40(23-18-37)51-29-28-49-8-2/h9-15,17-25,30-33,36,48H,7-8,16,26-29H2,1-6H3. The summed E-state index contributed by atoms with van der Waals surface area (Å²) in [6, 6.07) is 33.8. The molecule has 0 radical (unpaired) electrons. The molecule has 2 atom stereocenters. The van der Waals surface area contributed by atoms with E-state index < -0.39 is 5.41 Å². The van der Waals surface area contributed by atoms with Gasteiger partial charge in [0.1, 0.15) is 24.7 Å². The van der Waals surface area contributed by atoms with Crippen LogP contribution in [0.3, 0.4) is 0 Å². The molecule has 2 unspecified atom stereocenters. The third-order valence-corrected chi connectivity index (χ3v) is 10.9. The molecule has 0 aromatic heterocycles. The lowest BCUT2D eigenvalue weighted by Crippen LogP contribution is -2.36. The number of allylic oxidation sites excluding steroid dienone is 4. The second-order valence-corrected chi connectivity index (χ2v) is 14.7. The van der Waals surface area contributed by atoms with E-state index in [-0.39, 0.29) is 24.5 Å². The van der Waals surface area contributed by atoms with Crippen molar-refractivity contribution in [1.82, 2.24) is 0 Å². The van der Waals surface area contributed by atoms with E-state index >= 15 is 0 Å². The van der Waals surface area contributed by atoms with Crippen molar-refractivity contribution in [2.75, 3.05) is 33.0 Å². The summed E-state index contributed by atoms with van der Waals surface area (Å²) in [5, 5.41) is 9.44. The van der Waals surface area contributed by atoms with Gasteiger partial charge in [0.15, 0.2) is 0 Å². The van der Waals surface area contributed by atoms with Gasteiger partial charge in [-0.15, -0.1) is 0 Å². The van der Waals surface area contributed by atoms with E-state index in [1.165, 1.54) is 50.1 Å². The minimum Gasteiger partial charge on any atom is -0.492 e. The van der Waals surface area contributed by atoms with E-state index in [0.29, 0.717) is 25.7 Å². The zero-order chi connectivity index (χ0) is 36.0. The minimum atomic E-state index is -0.474. The minimum absolute atomic E-state index is 0.00802. The lowest BCUT2D eigenvalue weighted by Gasteiger charge is -2.40. The van der Waals surface area contributed by atoms with E-state index in [2.05, 4.69) is 150 Å². The summed E-state index contributed by atoms with van der Waals surface area (Å²) in [5.74, 6) is 2.13. The number of fused-ring (bicyclic) bond motifs is 3. The molecule has 0 aliphatic heterocycles. The molecule has 1 N–H and O–H groups in total. The Hall–Kier alpha value is -4.38. The molecular formula is C47H54O4. The molecule has 6 rings (SSSR count). The molecule has 266 valence electrons. The average molecular weight is 683 g/mol. The smallest absolute Gasteiger partial charge is 0.119 e. The molecule has 0 saturated carbocycles. The van der Waals surface area contributed by atoms with Crippen LogP contribution in [0.15, 0.2) is 115 Å². The number of benzene rings is 4. The highest BCUT2D eigenvalue weighted by atomic mass is 16.5. The highest BCUT2D eigenvalue weighted by Crippen LogP contribution is 2.59. The van der Waals surface area contributed by atoms with Gasteiger partial charge in [0.2, 0.25) is 0 Å². The largest absolute Gasteiger partial charge is 0.492 e.